The van der Waals surface area contributed by atoms with Crippen molar-refractivity contribution in [3.8, 4) is 5.69 Å². The maximum absolute atomic E-state index is 14.7. The van der Waals surface area contributed by atoms with Crippen LogP contribution < -0.4 is 0 Å². The molecule has 1 N–H and O–H groups in total. The molecular formula is C22H12Cl2FNO3. The van der Waals surface area contributed by atoms with Crippen LogP contribution in [0.15, 0.2) is 66.9 Å². The Morgan fingerprint density at radius 2 is 1.52 bits per heavy atom. The van der Waals surface area contributed by atoms with E-state index in [1.54, 1.807) is 36.4 Å². The van der Waals surface area contributed by atoms with E-state index in [0.29, 0.717) is 11.1 Å². The summed E-state index contributed by atoms with van der Waals surface area (Å²) in [6, 6.07) is 15.1. The van der Waals surface area contributed by atoms with Crippen LogP contribution in [0.25, 0.3) is 16.6 Å². The van der Waals surface area contributed by atoms with E-state index < -0.39 is 17.6 Å². The Kier molecular flexibility index (Phi) is 4.86. The Morgan fingerprint density at radius 1 is 0.897 bits per heavy atom. The van der Waals surface area contributed by atoms with Gasteiger partial charge in [0.05, 0.1) is 26.7 Å². The average molecular weight is 428 g/mol. The molecule has 3 aromatic carbocycles. The van der Waals surface area contributed by atoms with Crippen molar-refractivity contribution in [2.24, 2.45) is 0 Å². The molecule has 4 aromatic rings. The minimum Gasteiger partial charge on any atom is -0.478 e. The number of aromatic carboxylic acids is 1. The van der Waals surface area contributed by atoms with E-state index in [1.165, 1.54) is 35.0 Å². The van der Waals surface area contributed by atoms with Crippen molar-refractivity contribution in [3.05, 3.63) is 99.4 Å². The van der Waals surface area contributed by atoms with Crippen LogP contribution in [0, 0.1) is 5.82 Å². The van der Waals surface area contributed by atoms with Crippen molar-refractivity contribution in [3.63, 3.8) is 0 Å². The second kappa shape index (κ2) is 7.35. The Morgan fingerprint density at radius 3 is 2.14 bits per heavy atom. The molecule has 29 heavy (non-hydrogen) atoms. The molecule has 0 amide bonds. The summed E-state index contributed by atoms with van der Waals surface area (Å²) >= 11 is 12.4. The van der Waals surface area contributed by atoms with E-state index >= 15 is 0 Å². The summed E-state index contributed by atoms with van der Waals surface area (Å²) in [4.78, 5) is 24.3. The van der Waals surface area contributed by atoms with Gasteiger partial charge in [-0.1, -0.05) is 41.4 Å². The zero-order valence-electron chi connectivity index (χ0n) is 14.7. The molecule has 0 radical (unpaired) electrons. The van der Waals surface area contributed by atoms with Gasteiger partial charge in [-0.3, -0.25) is 4.79 Å². The first-order valence-corrected chi connectivity index (χ1v) is 9.26. The summed E-state index contributed by atoms with van der Waals surface area (Å²) in [5.41, 5.74) is 1.18. The zero-order chi connectivity index (χ0) is 20.7. The van der Waals surface area contributed by atoms with Gasteiger partial charge in [0, 0.05) is 22.8 Å². The number of nitrogens with zero attached hydrogens (tertiary/aromatic N) is 1. The van der Waals surface area contributed by atoms with Gasteiger partial charge in [-0.05, 0) is 42.5 Å². The predicted molar refractivity (Wildman–Crippen MR) is 110 cm³/mol. The number of hydrogen-bond donors (Lipinski definition) is 1. The van der Waals surface area contributed by atoms with Crippen LogP contribution in [-0.4, -0.2) is 21.4 Å². The highest BCUT2D eigenvalue weighted by Crippen LogP contribution is 2.33. The Labute approximate surface area is 174 Å². The normalized spacial score (nSPS) is 11.0. The average Bonchev–Trinajstić information content (AvgIpc) is 3.09. The number of benzene rings is 3. The van der Waals surface area contributed by atoms with E-state index in [-0.39, 0.29) is 32.3 Å². The lowest BCUT2D eigenvalue weighted by Gasteiger charge is -2.06. The quantitative estimate of drug-likeness (QED) is 0.406. The molecule has 0 bridgehead atoms. The van der Waals surface area contributed by atoms with Crippen molar-refractivity contribution in [2.75, 3.05) is 0 Å². The first-order chi connectivity index (χ1) is 13.9. The highest BCUT2D eigenvalue weighted by Gasteiger charge is 2.23. The molecule has 0 unspecified atom stereocenters. The van der Waals surface area contributed by atoms with Crippen molar-refractivity contribution in [1.29, 1.82) is 0 Å². The van der Waals surface area contributed by atoms with Gasteiger partial charge in [0.2, 0.25) is 0 Å². The number of rotatable bonds is 4. The molecule has 0 aliphatic carbocycles. The minimum absolute atomic E-state index is 0.102. The molecular weight excluding hydrogens is 416 g/mol. The molecule has 0 saturated heterocycles. The van der Waals surface area contributed by atoms with Crippen molar-refractivity contribution in [2.45, 2.75) is 0 Å². The highest BCUT2D eigenvalue weighted by atomic mass is 35.5. The van der Waals surface area contributed by atoms with Gasteiger partial charge in [-0.2, -0.15) is 0 Å². The lowest BCUT2D eigenvalue weighted by Crippen LogP contribution is -2.03. The maximum Gasteiger partial charge on any atom is 0.335 e. The van der Waals surface area contributed by atoms with Crippen LogP contribution >= 0.6 is 23.2 Å². The van der Waals surface area contributed by atoms with Crippen LogP contribution in [0.4, 0.5) is 4.39 Å². The van der Waals surface area contributed by atoms with E-state index in [1.807, 2.05) is 0 Å². The number of halogens is 3. The molecule has 0 aliphatic heterocycles. The van der Waals surface area contributed by atoms with Crippen LogP contribution in [0.5, 0.6) is 0 Å². The third-order valence-corrected chi connectivity index (χ3v) is 5.23. The van der Waals surface area contributed by atoms with Gasteiger partial charge in [0.1, 0.15) is 5.82 Å². The molecule has 1 heterocycles. The summed E-state index contributed by atoms with van der Waals surface area (Å²) in [6.45, 7) is 0. The molecule has 144 valence electrons. The number of carboxylic acid groups (broad SMARTS) is 1. The monoisotopic (exact) mass is 427 g/mol. The summed E-state index contributed by atoms with van der Waals surface area (Å²) in [6.07, 6.45) is 1.51. The Hall–Kier alpha value is -3.15. The number of carbonyl (C=O) groups is 2. The van der Waals surface area contributed by atoms with E-state index in [9.17, 15) is 14.0 Å². The molecule has 0 fully saturated rings. The first-order valence-electron chi connectivity index (χ1n) is 8.50. The lowest BCUT2D eigenvalue weighted by atomic mass is 10.0. The molecule has 7 heteroatoms. The van der Waals surface area contributed by atoms with Crippen molar-refractivity contribution < 1.29 is 19.1 Å². The van der Waals surface area contributed by atoms with Gasteiger partial charge in [0.25, 0.3) is 0 Å². The fourth-order valence-corrected chi connectivity index (χ4v) is 3.81. The van der Waals surface area contributed by atoms with Gasteiger partial charge in [-0.25, -0.2) is 9.18 Å². The molecule has 1 aromatic heterocycles. The number of hydrogen-bond acceptors (Lipinski definition) is 2. The molecule has 0 aliphatic rings. The van der Waals surface area contributed by atoms with Crippen LogP contribution in [0.2, 0.25) is 10.0 Å². The van der Waals surface area contributed by atoms with Crippen LogP contribution in [0.1, 0.15) is 26.3 Å². The fraction of sp³-hybridized carbons (Fsp3) is 0. The number of aromatic nitrogens is 1. The molecule has 0 spiro atoms. The third-order valence-electron chi connectivity index (χ3n) is 4.60. The van der Waals surface area contributed by atoms with Crippen LogP contribution in [0.3, 0.4) is 0 Å². The topological polar surface area (TPSA) is 59.3 Å². The Balaban J connectivity index is 1.94. The van der Waals surface area contributed by atoms with Gasteiger partial charge in [0.15, 0.2) is 5.78 Å². The number of fused-ring (bicyclic) bond motifs is 1. The standard InChI is InChI=1S/C22H12Cl2FNO3/c23-16-4-2-5-17(24)19(16)21(27)15-11-26(20-14(15)3-1-6-18(20)25)13-9-7-12(8-10-13)22(28)29/h1-11H,(H,28,29). The minimum atomic E-state index is -1.07. The van der Waals surface area contributed by atoms with Gasteiger partial charge >= 0.3 is 5.97 Å². The van der Waals surface area contributed by atoms with Crippen molar-refractivity contribution >= 4 is 45.9 Å². The second-order valence-corrected chi connectivity index (χ2v) is 7.14. The van der Waals surface area contributed by atoms with E-state index in [4.69, 9.17) is 28.3 Å². The van der Waals surface area contributed by atoms with Gasteiger partial charge in [-0.15, -0.1) is 0 Å². The molecule has 0 atom stereocenters. The van der Waals surface area contributed by atoms with E-state index in [0.717, 1.165) is 0 Å². The predicted octanol–water partition coefficient (Wildman–Crippen LogP) is 6.01. The molecule has 0 saturated carbocycles. The maximum atomic E-state index is 14.7. The first kappa shape index (κ1) is 19.2. The van der Waals surface area contributed by atoms with Crippen molar-refractivity contribution in [1.82, 2.24) is 4.57 Å². The lowest BCUT2D eigenvalue weighted by molar-refractivity contribution is 0.0696. The fourth-order valence-electron chi connectivity index (χ4n) is 3.24. The summed E-state index contributed by atoms with van der Waals surface area (Å²) in [7, 11) is 0. The van der Waals surface area contributed by atoms with Crippen LogP contribution in [-0.2, 0) is 0 Å². The van der Waals surface area contributed by atoms with E-state index in [2.05, 4.69) is 0 Å². The largest absolute Gasteiger partial charge is 0.478 e. The number of carboxylic acids is 1. The number of ketones is 1. The Bertz CT molecular complexity index is 1260. The SMILES string of the molecule is O=C(O)c1ccc(-n2cc(C(=O)c3c(Cl)cccc3Cl)c3cccc(F)c32)cc1. The molecule has 4 nitrogen and oxygen atoms in total. The summed E-state index contributed by atoms with van der Waals surface area (Å²) in [5, 5.41) is 9.88. The number of carbonyl (C=O) groups excluding carboxylic acids is 1. The smallest absolute Gasteiger partial charge is 0.335 e. The van der Waals surface area contributed by atoms with Gasteiger partial charge < -0.3 is 9.67 Å². The third kappa shape index (κ3) is 3.28. The summed E-state index contributed by atoms with van der Waals surface area (Å²) in [5.74, 6) is -2.02. The zero-order valence-corrected chi connectivity index (χ0v) is 16.2. The summed E-state index contributed by atoms with van der Waals surface area (Å²) < 4.78 is 16.2. The highest BCUT2D eigenvalue weighted by molar-refractivity contribution is 6.41. The molecule has 4 rings (SSSR count). The number of para-hydroxylation sites is 1. The second-order valence-electron chi connectivity index (χ2n) is 6.33.